The largest absolute Gasteiger partial charge is 0.342 e. The number of nitrogens with zero attached hydrogens (tertiary/aromatic N) is 4. The first kappa shape index (κ1) is 13.5. The number of aryl methyl sites for hydroxylation is 1. The molecule has 2 N–H and O–H groups in total. The molecular formula is C14H23N5O. The van der Waals surface area contributed by atoms with Gasteiger partial charge in [-0.25, -0.2) is 0 Å². The molecule has 3 rings (SSSR count). The predicted octanol–water partition coefficient (Wildman–Crippen LogP) is 0.648. The number of nitrogens with two attached hydrogens (primary N) is 1. The van der Waals surface area contributed by atoms with Crippen molar-refractivity contribution >= 4 is 5.91 Å². The Hall–Kier alpha value is -1.43. The van der Waals surface area contributed by atoms with Gasteiger partial charge in [-0.3, -0.25) is 4.79 Å². The van der Waals surface area contributed by atoms with E-state index in [1.165, 1.54) is 0 Å². The second kappa shape index (κ2) is 5.52. The molecule has 0 radical (unpaired) electrons. The monoisotopic (exact) mass is 277 g/mol. The van der Waals surface area contributed by atoms with Gasteiger partial charge in [0.05, 0.1) is 0 Å². The molecule has 1 saturated carbocycles. The SMILES string of the molecule is Cn1cnnc1C1CCN(C(=O)[C@H]2CC[C@@H](N)C2)CC1. The van der Waals surface area contributed by atoms with Gasteiger partial charge in [0.15, 0.2) is 0 Å². The third kappa shape index (κ3) is 2.57. The zero-order valence-electron chi connectivity index (χ0n) is 12.0. The van der Waals surface area contributed by atoms with Crippen LogP contribution in [0.5, 0.6) is 0 Å². The Morgan fingerprint density at radius 3 is 2.60 bits per heavy atom. The van der Waals surface area contributed by atoms with Gasteiger partial charge >= 0.3 is 0 Å². The summed E-state index contributed by atoms with van der Waals surface area (Å²) in [6.07, 6.45) is 6.53. The molecule has 1 aliphatic carbocycles. The Bertz CT molecular complexity index is 478. The lowest BCUT2D eigenvalue weighted by molar-refractivity contribution is -0.136. The summed E-state index contributed by atoms with van der Waals surface area (Å²) in [7, 11) is 1.98. The van der Waals surface area contributed by atoms with Crippen molar-refractivity contribution in [2.45, 2.75) is 44.1 Å². The molecule has 6 heteroatoms. The summed E-state index contributed by atoms with van der Waals surface area (Å²) >= 11 is 0. The Balaban J connectivity index is 1.56. The molecule has 0 bridgehead atoms. The molecule has 2 heterocycles. The number of piperidine rings is 1. The second-order valence-corrected chi connectivity index (χ2v) is 6.17. The number of hydrogen-bond acceptors (Lipinski definition) is 4. The van der Waals surface area contributed by atoms with Crippen molar-refractivity contribution in [3.63, 3.8) is 0 Å². The van der Waals surface area contributed by atoms with Gasteiger partial charge < -0.3 is 15.2 Å². The van der Waals surface area contributed by atoms with Crippen LogP contribution in [-0.2, 0) is 11.8 Å². The summed E-state index contributed by atoms with van der Waals surface area (Å²) in [5.41, 5.74) is 5.91. The molecule has 1 aromatic rings. The molecule has 0 aromatic carbocycles. The van der Waals surface area contributed by atoms with Gasteiger partial charge in [-0.15, -0.1) is 10.2 Å². The van der Waals surface area contributed by atoms with Crippen molar-refractivity contribution < 1.29 is 4.79 Å². The lowest BCUT2D eigenvalue weighted by Gasteiger charge is -2.33. The van der Waals surface area contributed by atoms with E-state index >= 15 is 0 Å². The Kier molecular flexibility index (Phi) is 3.74. The lowest BCUT2D eigenvalue weighted by Crippen LogP contribution is -2.41. The highest BCUT2D eigenvalue weighted by molar-refractivity contribution is 5.79. The van der Waals surface area contributed by atoms with Crippen LogP contribution in [0.15, 0.2) is 6.33 Å². The zero-order valence-corrected chi connectivity index (χ0v) is 12.0. The van der Waals surface area contributed by atoms with Crippen LogP contribution >= 0.6 is 0 Å². The maximum Gasteiger partial charge on any atom is 0.225 e. The fourth-order valence-corrected chi connectivity index (χ4v) is 3.52. The summed E-state index contributed by atoms with van der Waals surface area (Å²) in [6, 6.07) is 0.222. The van der Waals surface area contributed by atoms with Crippen molar-refractivity contribution in [2.24, 2.45) is 18.7 Å². The molecule has 1 saturated heterocycles. The number of aromatic nitrogens is 3. The molecule has 2 fully saturated rings. The minimum Gasteiger partial charge on any atom is -0.342 e. The fourth-order valence-electron chi connectivity index (χ4n) is 3.52. The van der Waals surface area contributed by atoms with Crippen LogP contribution in [0, 0.1) is 5.92 Å². The summed E-state index contributed by atoms with van der Waals surface area (Å²) in [6.45, 7) is 1.67. The molecule has 0 unspecified atom stereocenters. The van der Waals surface area contributed by atoms with E-state index in [0.717, 1.165) is 51.0 Å². The highest BCUT2D eigenvalue weighted by Crippen LogP contribution is 2.30. The van der Waals surface area contributed by atoms with Crippen LogP contribution in [0.25, 0.3) is 0 Å². The highest BCUT2D eigenvalue weighted by Gasteiger charge is 2.33. The van der Waals surface area contributed by atoms with Gasteiger partial charge in [0, 0.05) is 38.0 Å². The number of likely N-dealkylation sites (tertiary alicyclic amines) is 1. The molecule has 110 valence electrons. The van der Waals surface area contributed by atoms with Crippen LogP contribution in [0.2, 0.25) is 0 Å². The summed E-state index contributed by atoms with van der Waals surface area (Å²) in [4.78, 5) is 14.5. The standard InChI is InChI=1S/C14H23N5O/c1-18-9-16-17-13(18)10-4-6-19(7-5-10)14(20)11-2-3-12(15)8-11/h9-12H,2-8,15H2,1H3/t11-,12+/m0/s1. The van der Waals surface area contributed by atoms with Crippen LogP contribution in [-0.4, -0.2) is 44.7 Å². The van der Waals surface area contributed by atoms with Gasteiger partial charge in [-0.2, -0.15) is 0 Å². The van der Waals surface area contributed by atoms with E-state index in [2.05, 4.69) is 10.2 Å². The average molecular weight is 277 g/mol. The van der Waals surface area contributed by atoms with Gasteiger partial charge in [-0.05, 0) is 32.1 Å². The molecule has 6 nitrogen and oxygen atoms in total. The third-order valence-corrected chi connectivity index (χ3v) is 4.74. The molecule has 1 aliphatic heterocycles. The number of carbonyl (C=O) groups excluding carboxylic acids is 1. The van der Waals surface area contributed by atoms with E-state index in [-0.39, 0.29) is 12.0 Å². The van der Waals surface area contributed by atoms with Crippen LogP contribution in [0.4, 0.5) is 0 Å². The summed E-state index contributed by atoms with van der Waals surface area (Å²) in [5.74, 6) is 1.95. The minimum absolute atomic E-state index is 0.163. The van der Waals surface area contributed by atoms with Gasteiger partial charge in [0.2, 0.25) is 5.91 Å². The molecule has 1 amide bonds. The Labute approximate surface area is 119 Å². The summed E-state index contributed by atoms with van der Waals surface area (Å²) < 4.78 is 1.98. The Morgan fingerprint density at radius 2 is 2.05 bits per heavy atom. The molecule has 2 aliphatic rings. The smallest absolute Gasteiger partial charge is 0.225 e. The first-order chi connectivity index (χ1) is 9.65. The normalized spacial score (nSPS) is 28.0. The van der Waals surface area contributed by atoms with Crippen LogP contribution < -0.4 is 5.73 Å². The van der Waals surface area contributed by atoms with E-state index in [1.54, 1.807) is 6.33 Å². The van der Waals surface area contributed by atoms with E-state index in [9.17, 15) is 4.79 Å². The molecule has 1 aromatic heterocycles. The van der Waals surface area contributed by atoms with Crippen LogP contribution in [0.1, 0.15) is 43.8 Å². The Morgan fingerprint density at radius 1 is 1.30 bits per heavy atom. The topological polar surface area (TPSA) is 77.0 Å². The third-order valence-electron chi connectivity index (χ3n) is 4.74. The number of hydrogen-bond donors (Lipinski definition) is 1. The second-order valence-electron chi connectivity index (χ2n) is 6.17. The van der Waals surface area contributed by atoms with Crippen LogP contribution in [0.3, 0.4) is 0 Å². The zero-order chi connectivity index (χ0) is 14.1. The van der Waals surface area contributed by atoms with Gasteiger partial charge in [0.25, 0.3) is 0 Å². The van der Waals surface area contributed by atoms with Gasteiger partial charge in [0.1, 0.15) is 12.2 Å². The minimum atomic E-state index is 0.163. The quantitative estimate of drug-likeness (QED) is 0.861. The van der Waals surface area contributed by atoms with Crippen molar-refractivity contribution in [1.29, 1.82) is 0 Å². The van der Waals surface area contributed by atoms with Crippen molar-refractivity contribution in [3.05, 3.63) is 12.2 Å². The van der Waals surface area contributed by atoms with Crippen molar-refractivity contribution in [3.8, 4) is 0 Å². The maximum absolute atomic E-state index is 12.4. The first-order valence-electron chi connectivity index (χ1n) is 7.53. The van der Waals surface area contributed by atoms with E-state index in [0.29, 0.717) is 11.8 Å². The molecule has 2 atom stereocenters. The molecular weight excluding hydrogens is 254 g/mol. The molecule has 0 spiro atoms. The maximum atomic E-state index is 12.4. The lowest BCUT2D eigenvalue weighted by atomic mass is 9.94. The van der Waals surface area contributed by atoms with Crippen molar-refractivity contribution in [1.82, 2.24) is 19.7 Å². The summed E-state index contributed by atoms with van der Waals surface area (Å²) in [5, 5.41) is 8.13. The van der Waals surface area contributed by atoms with E-state index in [4.69, 9.17) is 5.73 Å². The predicted molar refractivity (Wildman–Crippen MR) is 74.9 cm³/mol. The van der Waals surface area contributed by atoms with E-state index < -0.39 is 0 Å². The number of amides is 1. The number of rotatable bonds is 2. The first-order valence-corrected chi connectivity index (χ1v) is 7.53. The highest BCUT2D eigenvalue weighted by atomic mass is 16.2. The molecule has 20 heavy (non-hydrogen) atoms. The van der Waals surface area contributed by atoms with E-state index in [1.807, 2.05) is 16.5 Å². The average Bonchev–Trinajstić information content (AvgIpc) is 3.07. The van der Waals surface area contributed by atoms with Gasteiger partial charge in [-0.1, -0.05) is 0 Å². The van der Waals surface area contributed by atoms with Crippen molar-refractivity contribution in [2.75, 3.05) is 13.1 Å². The fraction of sp³-hybridized carbons (Fsp3) is 0.786. The number of carbonyl (C=O) groups is 1.